The molecule has 0 spiro atoms. The molecular formula is C17H25ClN2O2. The summed E-state index contributed by atoms with van der Waals surface area (Å²) in [7, 11) is 2.15. The van der Waals surface area contributed by atoms with Crippen LogP contribution in [0.3, 0.4) is 0 Å². The van der Waals surface area contributed by atoms with Gasteiger partial charge in [0.15, 0.2) is 0 Å². The number of carbonyl (C=O) groups excluding carboxylic acids is 1. The summed E-state index contributed by atoms with van der Waals surface area (Å²) in [4.78, 5) is 14.2. The van der Waals surface area contributed by atoms with Gasteiger partial charge in [-0.2, -0.15) is 0 Å². The topological polar surface area (TPSA) is 41.6 Å². The molecule has 0 unspecified atom stereocenters. The average Bonchev–Trinajstić information content (AvgIpc) is 2.52. The zero-order chi connectivity index (χ0) is 15.8. The fourth-order valence-electron chi connectivity index (χ4n) is 2.81. The maximum atomic E-state index is 11.9. The number of rotatable bonds is 7. The van der Waals surface area contributed by atoms with E-state index in [1.807, 2.05) is 18.2 Å². The molecule has 1 aliphatic rings. The van der Waals surface area contributed by atoms with Gasteiger partial charge in [0, 0.05) is 12.5 Å². The van der Waals surface area contributed by atoms with E-state index in [1.165, 1.54) is 19.3 Å². The number of halogens is 1. The number of hydrogen-bond donors (Lipinski definition) is 1. The van der Waals surface area contributed by atoms with Crippen LogP contribution >= 0.6 is 11.6 Å². The van der Waals surface area contributed by atoms with E-state index in [4.69, 9.17) is 16.3 Å². The van der Waals surface area contributed by atoms with Crippen LogP contribution in [0.4, 0.5) is 0 Å². The molecule has 1 amide bonds. The molecule has 2 rings (SSSR count). The molecule has 1 heterocycles. The van der Waals surface area contributed by atoms with E-state index in [0.29, 0.717) is 36.4 Å². The Morgan fingerprint density at radius 1 is 1.41 bits per heavy atom. The largest absolute Gasteiger partial charge is 0.490 e. The first-order chi connectivity index (χ1) is 10.7. The van der Waals surface area contributed by atoms with Gasteiger partial charge >= 0.3 is 0 Å². The van der Waals surface area contributed by atoms with Gasteiger partial charge in [0.1, 0.15) is 12.4 Å². The van der Waals surface area contributed by atoms with Crippen LogP contribution in [0.25, 0.3) is 0 Å². The van der Waals surface area contributed by atoms with Gasteiger partial charge in [0.05, 0.1) is 11.6 Å². The minimum atomic E-state index is 0.0988. The number of benzene rings is 1. The summed E-state index contributed by atoms with van der Waals surface area (Å²) in [6.45, 7) is 2.08. The van der Waals surface area contributed by atoms with Gasteiger partial charge < -0.3 is 15.0 Å². The maximum Gasteiger partial charge on any atom is 0.220 e. The number of likely N-dealkylation sites (tertiary alicyclic amines) is 1. The third-order valence-corrected chi connectivity index (χ3v) is 4.46. The Morgan fingerprint density at radius 3 is 3.00 bits per heavy atom. The summed E-state index contributed by atoms with van der Waals surface area (Å²) in [5.41, 5.74) is 0. The Hall–Kier alpha value is -1.26. The number of carbonyl (C=O) groups is 1. The van der Waals surface area contributed by atoms with Crippen molar-refractivity contribution in [3.8, 4) is 5.75 Å². The van der Waals surface area contributed by atoms with Crippen LogP contribution in [-0.2, 0) is 4.79 Å². The monoisotopic (exact) mass is 324 g/mol. The van der Waals surface area contributed by atoms with Gasteiger partial charge in [-0.05, 0) is 45.0 Å². The second-order valence-corrected chi connectivity index (χ2v) is 6.20. The molecule has 0 bridgehead atoms. The molecule has 0 aliphatic carbocycles. The molecule has 1 aromatic carbocycles. The Labute approximate surface area is 137 Å². The number of para-hydroxylation sites is 1. The predicted molar refractivity (Wildman–Crippen MR) is 89.5 cm³/mol. The SMILES string of the molecule is CN1CCCC[C@@H]1CCC(=O)NCCOc1ccccc1Cl. The highest BCUT2D eigenvalue weighted by atomic mass is 35.5. The molecule has 0 saturated carbocycles. The minimum absolute atomic E-state index is 0.0988. The second kappa shape index (κ2) is 9.01. The van der Waals surface area contributed by atoms with Gasteiger partial charge in [-0.25, -0.2) is 0 Å². The van der Waals surface area contributed by atoms with E-state index in [-0.39, 0.29) is 5.91 Å². The van der Waals surface area contributed by atoms with E-state index in [9.17, 15) is 4.79 Å². The average molecular weight is 325 g/mol. The van der Waals surface area contributed by atoms with Crippen LogP contribution in [0.1, 0.15) is 32.1 Å². The lowest BCUT2D eigenvalue weighted by Crippen LogP contribution is -2.37. The summed E-state index contributed by atoms with van der Waals surface area (Å²) in [6, 6.07) is 7.90. The highest BCUT2D eigenvalue weighted by molar-refractivity contribution is 6.32. The Bertz CT molecular complexity index is 481. The van der Waals surface area contributed by atoms with Gasteiger partial charge in [-0.15, -0.1) is 0 Å². The molecule has 1 N–H and O–H groups in total. The maximum absolute atomic E-state index is 11.9. The highest BCUT2D eigenvalue weighted by Crippen LogP contribution is 2.22. The summed E-state index contributed by atoms with van der Waals surface area (Å²) < 4.78 is 5.54. The zero-order valence-electron chi connectivity index (χ0n) is 13.2. The fourth-order valence-corrected chi connectivity index (χ4v) is 3.00. The molecule has 1 aliphatic heterocycles. The molecule has 4 nitrogen and oxygen atoms in total. The molecule has 0 aromatic heterocycles. The second-order valence-electron chi connectivity index (χ2n) is 5.80. The predicted octanol–water partition coefficient (Wildman–Crippen LogP) is 3.10. The minimum Gasteiger partial charge on any atom is -0.490 e. The van der Waals surface area contributed by atoms with Crippen molar-refractivity contribution in [2.75, 3.05) is 26.7 Å². The number of nitrogens with one attached hydrogen (secondary N) is 1. The first-order valence-electron chi connectivity index (χ1n) is 8.01. The first kappa shape index (κ1) is 17.1. The normalized spacial score (nSPS) is 18.9. The Kier molecular flexibility index (Phi) is 7.00. The smallest absolute Gasteiger partial charge is 0.220 e. The third kappa shape index (κ3) is 5.50. The third-order valence-electron chi connectivity index (χ3n) is 4.14. The van der Waals surface area contributed by atoms with Crippen LogP contribution in [0, 0.1) is 0 Å². The molecule has 1 aromatic rings. The summed E-state index contributed by atoms with van der Waals surface area (Å²) in [5.74, 6) is 0.754. The quantitative estimate of drug-likeness (QED) is 0.784. The number of piperidine rings is 1. The Balaban J connectivity index is 1.59. The van der Waals surface area contributed by atoms with Crippen molar-refractivity contribution < 1.29 is 9.53 Å². The van der Waals surface area contributed by atoms with Crippen molar-refractivity contribution in [3.05, 3.63) is 29.3 Å². The molecule has 1 saturated heterocycles. The summed E-state index contributed by atoms with van der Waals surface area (Å²) >= 11 is 6.00. The molecular weight excluding hydrogens is 300 g/mol. The van der Waals surface area contributed by atoms with E-state index < -0.39 is 0 Å². The van der Waals surface area contributed by atoms with Crippen LogP contribution in [0.15, 0.2) is 24.3 Å². The molecule has 5 heteroatoms. The summed E-state index contributed by atoms with van der Waals surface area (Å²) in [5, 5.41) is 3.49. The molecule has 1 fully saturated rings. The lowest BCUT2D eigenvalue weighted by atomic mass is 9.98. The van der Waals surface area contributed by atoms with Crippen LogP contribution in [0.2, 0.25) is 5.02 Å². The standard InChI is InChI=1S/C17H25ClN2O2/c1-20-12-5-4-6-14(20)9-10-17(21)19-11-13-22-16-8-3-2-7-15(16)18/h2-3,7-8,14H,4-6,9-13H2,1H3,(H,19,21)/t14-/m1/s1. The summed E-state index contributed by atoms with van der Waals surface area (Å²) in [6.07, 6.45) is 5.29. The lowest BCUT2D eigenvalue weighted by molar-refractivity contribution is -0.121. The van der Waals surface area contributed by atoms with E-state index in [1.54, 1.807) is 6.07 Å². The van der Waals surface area contributed by atoms with Crippen LogP contribution in [-0.4, -0.2) is 43.6 Å². The van der Waals surface area contributed by atoms with E-state index >= 15 is 0 Å². The number of nitrogens with zero attached hydrogens (tertiary/aromatic N) is 1. The van der Waals surface area contributed by atoms with Crippen molar-refractivity contribution in [2.45, 2.75) is 38.1 Å². The van der Waals surface area contributed by atoms with Gasteiger partial charge in [0.25, 0.3) is 0 Å². The van der Waals surface area contributed by atoms with Gasteiger partial charge in [-0.3, -0.25) is 4.79 Å². The fraction of sp³-hybridized carbons (Fsp3) is 0.588. The van der Waals surface area contributed by atoms with Crippen molar-refractivity contribution in [2.24, 2.45) is 0 Å². The van der Waals surface area contributed by atoms with Crippen molar-refractivity contribution in [3.63, 3.8) is 0 Å². The lowest BCUT2D eigenvalue weighted by Gasteiger charge is -2.32. The molecule has 22 heavy (non-hydrogen) atoms. The van der Waals surface area contributed by atoms with E-state index in [2.05, 4.69) is 17.3 Å². The van der Waals surface area contributed by atoms with Crippen molar-refractivity contribution in [1.29, 1.82) is 0 Å². The van der Waals surface area contributed by atoms with E-state index in [0.717, 1.165) is 13.0 Å². The molecule has 1 atom stereocenters. The first-order valence-corrected chi connectivity index (χ1v) is 8.39. The molecule has 0 radical (unpaired) electrons. The van der Waals surface area contributed by atoms with Gasteiger partial charge in [-0.1, -0.05) is 30.2 Å². The van der Waals surface area contributed by atoms with Crippen molar-refractivity contribution >= 4 is 17.5 Å². The van der Waals surface area contributed by atoms with Crippen LogP contribution < -0.4 is 10.1 Å². The highest BCUT2D eigenvalue weighted by Gasteiger charge is 2.19. The van der Waals surface area contributed by atoms with Crippen LogP contribution in [0.5, 0.6) is 5.75 Å². The molecule has 122 valence electrons. The van der Waals surface area contributed by atoms with Crippen molar-refractivity contribution in [1.82, 2.24) is 10.2 Å². The number of hydrogen-bond acceptors (Lipinski definition) is 3. The van der Waals surface area contributed by atoms with Gasteiger partial charge in [0.2, 0.25) is 5.91 Å². The Morgan fingerprint density at radius 2 is 2.23 bits per heavy atom. The number of ether oxygens (including phenoxy) is 1. The zero-order valence-corrected chi connectivity index (χ0v) is 13.9. The number of amides is 1.